The number of rotatable bonds is 3. The lowest BCUT2D eigenvalue weighted by atomic mass is 9.78. The molecule has 6 N–H and O–H groups in total. The summed E-state index contributed by atoms with van der Waals surface area (Å²) in [6.45, 7) is 0. The molecule has 0 saturated carbocycles. The number of benzene rings is 4. The lowest BCUT2D eigenvalue weighted by molar-refractivity contribution is -0.148. The van der Waals surface area contributed by atoms with Gasteiger partial charge in [0.15, 0.2) is 0 Å². The van der Waals surface area contributed by atoms with Crippen LogP contribution < -0.4 is 17.2 Å². The number of carbonyl (C=O) groups is 4. The number of esters is 3. The van der Waals surface area contributed by atoms with Crippen LogP contribution in [0.3, 0.4) is 0 Å². The molecule has 14 heteroatoms. The summed E-state index contributed by atoms with van der Waals surface area (Å²) in [7, 11) is 4.15. The summed E-state index contributed by atoms with van der Waals surface area (Å²) in [4.78, 5) is 46.0. The zero-order valence-electron chi connectivity index (χ0n) is 34.0. The molecule has 0 fully saturated rings. The van der Waals surface area contributed by atoms with E-state index in [9.17, 15) is 19.2 Å². The van der Waals surface area contributed by atoms with Crippen molar-refractivity contribution < 1.29 is 33.4 Å². The first-order valence-corrected chi connectivity index (χ1v) is 22.8. The molecule has 0 aromatic heterocycles. The van der Waals surface area contributed by atoms with Gasteiger partial charge < -0.3 is 31.4 Å². The molecule has 0 heterocycles. The Morgan fingerprint density at radius 1 is 0.467 bits per heavy atom. The van der Waals surface area contributed by atoms with Crippen LogP contribution in [0.15, 0.2) is 90.7 Å². The summed E-state index contributed by atoms with van der Waals surface area (Å²) >= 11 is 14.0. The summed E-state index contributed by atoms with van der Waals surface area (Å²) in [5.74, 6) is -0.602. The fourth-order valence-electron chi connectivity index (χ4n) is 8.22. The molecule has 0 aliphatic heterocycles. The van der Waals surface area contributed by atoms with E-state index in [1.807, 2.05) is 72.8 Å². The highest BCUT2D eigenvalue weighted by Gasteiger charge is 2.41. The predicted molar refractivity (Wildman–Crippen MR) is 246 cm³/mol. The Kier molecular flexibility index (Phi) is 16.5. The Balaban J connectivity index is 0.000000153. The van der Waals surface area contributed by atoms with Crippen molar-refractivity contribution in [3.63, 3.8) is 0 Å². The molecule has 4 aliphatic carbocycles. The van der Waals surface area contributed by atoms with Crippen molar-refractivity contribution in [2.75, 3.05) is 21.3 Å². The summed E-state index contributed by atoms with van der Waals surface area (Å²) in [5, 5.41) is 0. The molecule has 4 aromatic carbocycles. The zero-order valence-corrected chi connectivity index (χ0v) is 40.4. The van der Waals surface area contributed by atoms with Crippen LogP contribution in [-0.2, 0) is 84.8 Å². The smallest absolute Gasteiger partial charge is 0.326 e. The minimum Gasteiger partial charge on any atom is -0.468 e. The van der Waals surface area contributed by atoms with E-state index in [1.165, 1.54) is 49.1 Å². The topological polar surface area (TPSA) is 174 Å². The average molecular weight is 1080 g/mol. The second-order valence-corrected chi connectivity index (χ2v) is 19.1. The first-order valence-electron chi connectivity index (χ1n) is 19.7. The number of carbonyl (C=O) groups excluding carboxylic acids is 4. The molecule has 4 aliphatic rings. The number of halogens is 4. The molecule has 0 saturated heterocycles. The van der Waals surface area contributed by atoms with E-state index < -0.39 is 16.6 Å². The molecule has 8 rings (SSSR count). The van der Waals surface area contributed by atoms with E-state index in [-0.39, 0.29) is 17.9 Å². The number of Topliss-reactive ketones (excluding diaryl/α,β-unsaturated/α-hetero) is 1. The van der Waals surface area contributed by atoms with Gasteiger partial charge in [-0.05, 0) is 114 Å². The average Bonchev–Trinajstić information content (AvgIpc) is 3.23. The van der Waals surface area contributed by atoms with Gasteiger partial charge in [0, 0.05) is 50.0 Å². The van der Waals surface area contributed by atoms with Gasteiger partial charge in [0.25, 0.3) is 0 Å². The Labute approximate surface area is 385 Å². The molecule has 0 spiro atoms. The molecule has 60 heavy (non-hydrogen) atoms. The van der Waals surface area contributed by atoms with E-state index in [0.717, 1.165) is 60.3 Å². The van der Waals surface area contributed by atoms with Crippen molar-refractivity contribution >= 4 is 87.4 Å². The van der Waals surface area contributed by atoms with E-state index in [0.29, 0.717) is 57.1 Å². The first kappa shape index (κ1) is 47.8. The molecule has 0 amide bonds. The van der Waals surface area contributed by atoms with E-state index in [2.05, 4.69) is 63.7 Å². The van der Waals surface area contributed by atoms with Gasteiger partial charge in [0.05, 0.1) is 21.3 Å². The van der Waals surface area contributed by atoms with Crippen LogP contribution in [0.4, 0.5) is 0 Å². The molecular formula is C46H51Br4N3O7. The second kappa shape index (κ2) is 20.8. The van der Waals surface area contributed by atoms with E-state index >= 15 is 0 Å². The third-order valence-electron chi connectivity index (χ3n) is 11.7. The van der Waals surface area contributed by atoms with Gasteiger partial charge >= 0.3 is 17.9 Å². The third kappa shape index (κ3) is 11.2. The fourth-order valence-corrected chi connectivity index (χ4v) is 10.6. The lowest BCUT2D eigenvalue weighted by Crippen LogP contribution is -2.52. The van der Waals surface area contributed by atoms with Crippen molar-refractivity contribution in [1.29, 1.82) is 0 Å². The molecule has 10 nitrogen and oxygen atoms in total. The third-order valence-corrected chi connectivity index (χ3v) is 14.6. The van der Waals surface area contributed by atoms with Crippen molar-refractivity contribution in [3.8, 4) is 0 Å². The van der Waals surface area contributed by atoms with Crippen LogP contribution in [0.25, 0.3) is 0 Å². The number of ketones is 1. The maximum absolute atomic E-state index is 11.6. The Morgan fingerprint density at radius 2 is 0.750 bits per heavy atom. The normalized spacial score (nSPS) is 22.1. The molecule has 320 valence electrons. The maximum atomic E-state index is 11.6. The second-order valence-electron chi connectivity index (χ2n) is 15.7. The number of hydrogen-bond acceptors (Lipinski definition) is 10. The van der Waals surface area contributed by atoms with Gasteiger partial charge in [-0.3, -0.25) is 19.2 Å². The molecular weight excluding hydrogens is 1030 g/mol. The number of fused-ring (bicyclic) bond motifs is 4. The van der Waals surface area contributed by atoms with Crippen molar-refractivity contribution in [2.45, 2.75) is 93.7 Å². The maximum Gasteiger partial charge on any atom is 0.326 e. The van der Waals surface area contributed by atoms with E-state index in [1.54, 1.807) is 0 Å². The standard InChI is InChI=1S/3C12H14BrNO2.C10H9BrO/c3*1-16-11(15)12(14)6-5-9-8(7-12)3-2-4-10(9)13;11-10-3-1-2-7-6-8(12)4-5-9(7)10/h3*2-4H,5-7,14H2,1H3;1-3H,4-6H2/t2*12-;;/m10../s1. The Hall–Kier alpha value is -3.24. The summed E-state index contributed by atoms with van der Waals surface area (Å²) in [6, 6.07) is 24.1. The molecule has 1 unspecified atom stereocenters. The van der Waals surface area contributed by atoms with Gasteiger partial charge in [-0.25, -0.2) is 0 Å². The van der Waals surface area contributed by atoms with Crippen LogP contribution in [0.2, 0.25) is 0 Å². The van der Waals surface area contributed by atoms with Crippen LogP contribution in [0.5, 0.6) is 0 Å². The van der Waals surface area contributed by atoms with Crippen LogP contribution in [0, 0.1) is 0 Å². The Bertz CT molecular complexity index is 2060. The van der Waals surface area contributed by atoms with Crippen LogP contribution in [-0.4, -0.2) is 61.6 Å². The molecule has 3 atom stereocenters. The highest BCUT2D eigenvalue weighted by Crippen LogP contribution is 2.35. The minimum absolute atomic E-state index is 0.321. The largest absolute Gasteiger partial charge is 0.468 e. The Morgan fingerprint density at radius 3 is 1.05 bits per heavy atom. The van der Waals surface area contributed by atoms with Crippen molar-refractivity contribution in [1.82, 2.24) is 0 Å². The highest BCUT2D eigenvalue weighted by molar-refractivity contribution is 9.11. The van der Waals surface area contributed by atoms with Crippen molar-refractivity contribution in [3.05, 3.63) is 135 Å². The monoisotopic (exact) mass is 1070 g/mol. The van der Waals surface area contributed by atoms with Crippen LogP contribution >= 0.6 is 63.7 Å². The quantitative estimate of drug-likeness (QED) is 0.135. The van der Waals surface area contributed by atoms with Gasteiger partial charge in [0.2, 0.25) is 0 Å². The molecule has 0 bridgehead atoms. The van der Waals surface area contributed by atoms with Gasteiger partial charge in [-0.1, -0.05) is 112 Å². The predicted octanol–water partition coefficient (Wildman–Crippen LogP) is 7.93. The van der Waals surface area contributed by atoms with E-state index in [4.69, 9.17) is 31.4 Å². The van der Waals surface area contributed by atoms with Gasteiger partial charge in [-0.15, -0.1) is 0 Å². The van der Waals surface area contributed by atoms with Gasteiger partial charge in [0.1, 0.15) is 22.4 Å². The number of methoxy groups -OCH3 is 3. The SMILES string of the molecule is COC(=O)C1(N)CCc2c(Br)cccc2C1.COC(=O)[C@@]1(N)CCc2c(Br)cccc2C1.COC(=O)[C@]1(N)CCc2c(Br)cccc2C1.O=C1CCc2c(Br)cccc2C1. The lowest BCUT2D eigenvalue weighted by Gasteiger charge is -2.32. The molecule has 4 aromatic rings. The van der Waals surface area contributed by atoms with Crippen molar-refractivity contribution in [2.24, 2.45) is 17.2 Å². The number of ether oxygens (including phenoxy) is 3. The minimum atomic E-state index is -0.859. The molecule has 0 radical (unpaired) electrons. The fraction of sp³-hybridized carbons (Fsp3) is 0.391. The summed E-state index contributed by atoms with van der Waals surface area (Å²) in [5.41, 5.74) is 25.4. The summed E-state index contributed by atoms with van der Waals surface area (Å²) in [6.07, 6.45) is 8.20. The zero-order chi connectivity index (χ0) is 43.8. The van der Waals surface area contributed by atoms with Gasteiger partial charge in [-0.2, -0.15) is 0 Å². The van der Waals surface area contributed by atoms with Crippen LogP contribution in [0.1, 0.15) is 70.2 Å². The highest BCUT2D eigenvalue weighted by atomic mass is 79.9. The number of hydrogen-bond donors (Lipinski definition) is 3. The summed E-state index contributed by atoms with van der Waals surface area (Å²) < 4.78 is 18.7. The first-order chi connectivity index (χ1) is 28.5. The number of nitrogens with two attached hydrogens (primary N) is 3.